The van der Waals surface area contributed by atoms with Gasteiger partial charge in [-0.05, 0) is 56.2 Å². The first-order valence-corrected chi connectivity index (χ1v) is 10.4. The first kappa shape index (κ1) is 19.4. The third-order valence-electron chi connectivity index (χ3n) is 4.80. The van der Waals surface area contributed by atoms with E-state index in [0.717, 1.165) is 18.4 Å². The molecule has 1 aliphatic rings. The normalized spacial score (nSPS) is 17.6. The Morgan fingerprint density at radius 3 is 2.44 bits per heavy atom. The Hall–Kier alpha value is -2.38. The first-order chi connectivity index (χ1) is 12.9. The molecule has 1 saturated heterocycles. The number of amides is 1. The van der Waals surface area contributed by atoms with Crippen LogP contribution in [0.25, 0.3) is 0 Å². The summed E-state index contributed by atoms with van der Waals surface area (Å²) in [5.74, 6) is 0.454. The Morgan fingerprint density at radius 2 is 1.81 bits per heavy atom. The van der Waals surface area contributed by atoms with Gasteiger partial charge >= 0.3 is 0 Å². The summed E-state index contributed by atoms with van der Waals surface area (Å²) in [5.41, 5.74) is 1.53. The standard InChI is InChI=1S/C20H24N2O4S/c1-15-5-11-19(12-6-15)27(24,25)22-13-3-4-17(22)14-21-20(23)16-7-9-18(26-2)10-8-16/h5-12,17H,3-4,13-14H2,1-2H3,(H,21,23)/t17-/m0/s1. The molecule has 1 heterocycles. The van der Waals surface area contributed by atoms with E-state index in [9.17, 15) is 13.2 Å². The van der Waals surface area contributed by atoms with Gasteiger partial charge < -0.3 is 10.1 Å². The van der Waals surface area contributed by atoms with Gasteiger partial charge in [-0.3, -0.25) is 4.79 Å². The minimum Gasteiger partial charge on any atom is -0.497 e. The summed E-state index contributed by atoms with van der Waals surface area (Å²) < 4.78 is 32.5. The van der Waals surface area contributed by atoms with E-state index in [-0.39, 0.29) is 18.5 Å². The van der Waals surface area contributed by atoms with Crippen LogP contribution in [-0.4, -0.2) is 44.9 Å². The van der Waals surface area contributed by atoms with Crippen LogP contribution < -0.4 is 10.1 Å². The maximum atomic E-state index is 12.9. The van der Waals surface area contributed by atoms with Gasteiger partial charge in [0.05, 0.1) is 12.0 Å². The molecule has 1 fully saturated rings. The zero-order valence-corrected chi connectivity index (χ0v) is 16.3. The lowest BCUT2D eigenvalue weighted by molar-refractivity contribution is 0.0946. The lowest BCUT2D eigenvalue weighted by atomic mass is 10.2. The highest BCUT2D eigenvalue weighted by atomic mass is 32.2. The van der Waals surface area contributed by atoms with E-state index < -0.39 is 10.0 Å². The van der Waals surface area contributed by atoms with E-state index in [0.29, 0.717) is 22.8 Å². The molecule has 1 amide bonds. The fourth-order valence-electron chi connectivity index (χ4n) is 3.23. The number of benzene rings is 2. The van der Waals surface area contributed by atoms with Crippen molar-refractivity contribution in [3.05, 3.63) is 59.7 Å². The molecule has 2 aromatic carbocycles. The summed E-state index contributed by atoms with van der Waals surface area (Å²) in [7, 11) is -1.99. The molecule has 1 N–H and O–H groups in total. The molecule has 0 bridgehead atoms. The smallest absolute Gasteiger partial charge is 0.251 e. The maximum absolute atomic E-state index is 12.9. The van der Waals surface area contributed by atoms with E-state index in [4.69, 9.17) is 4.74 Å². The number of hydrogen-bond donors (Lipinski definition) is 1. The average Bonchev–Trinajstić information content (AvgIpc) is 3.16. The van der Waals surface area contributed by atoms with Crippen molar-refractivity contribution in [2.45, 2.75) is 30.7 Å². The Bertz CT molecular complexity index is 893. The SMILES string of the molecule is COc1ccc(C(=O)NC[C@@H]2CCCN2S(=O)(=O)c2ccc(C)cc2)cc1. The van der Waals surface area contributed by atoms with Gasteiger partial charge in [0.2, 0.25) is 10.0 Å². The Balaban J connectivity index is 1.67. The maximum Gasteiger partial charge on any atom is 0.251 e. The van der Waals surface area contributed by atoms with Crippen molar-refractivity contribution in [1.29, 1.82) is 0 Å². The minimum atomic E-state index is -3.56. The molecule has 1 atom stereocenters. The minimum absolute atomic E-state index is 0.225. The fraction of sp³-hybridized carbons (Fsp3) is 0.350. The van der Waals surface area contributed by atoms with Gasteiger partial charge in [0, 0.05) is 24.7 Å². The first-order valence-electron chi connectivity index (χ1n) is 8.92. The Labute approximate surface area is 160 Å². The van der Waals surface area contributed by atoms with Gasteiger partial charge in [-0.2, -0.15) is 4.31 Å². The second kappa shape index (κ2) is 8.10. The summed E-state index contributed by atoms with van der Waals surface area (Å²) in [6, 6.07) is 13.4. The monoisotopic (exact) mass is 388 g/mol. The number of aryl methyl sites for hydroxylation is 1. The zero-order valence-electron chi connectivity index (χ0n) is 15.5. The van der Waals surface area contributed by atoms with Gasteiger partial charge in [0.1, 0.15) is 5.75 Å². The van der Waals surface area contributed by atoms with E-state index >= 15 is 0 Å². The largest absolute Gasteiger partial charge is 0.497 e. The van der Waals surface area contributed by atoms with Crippen LogP contribution in [-0.2, 0) is 10.0 Å². The van der Waals surface area contributed by atoms with Crippen LogP contribution in [0.2, 0.25) is 0 Å². The molecule has 0 radical (unpaired) electrons. The number of nitrogens with zero attached hydrogens (tertiary/aromatic N) is 1. The summed E-state index contributed by atoms with van der Waals surface area (Å²) in [4.78, 5) is 12.6. The van der Waals surface area contributed by atoms with Gasteiger partial charge in [0.15, 0.2) is 0 Å². The number of nitrogens with one attached hydrogen (secondary N) is 1. The molecule has 3 rings (SSSR count). The van der Waals surface area contributed by atoms with Crippen LogP contribution in [0.4, 0.5) is 0 Å². The molecule has 2 aromatic rings. The number of sulfonamides is 1. The number of ether oxygens (including phenoxy) is 1. The molecule has 0 unspecified atom stereocenters. The van der Waals surface area contributed by atoms with Crippen LogP contribution in [0.3, 0.4) is 0 Å². The highest BCUT2D eigenvalue weighted by Gasteiger charge is 2.35. The highest BCUT2D eigenvalue weighted by molar-refractivity contribution is 7.89. The number of hydrogen-bond acceptors (Lipinski definition) is 4. The lowest BCUT2D eigenvalue weighted by Gasteiger charge is -2.24. The zero-order chi connectivity index (χ0) is 19.4. The topological polar surface area (TPSA) is 75.7 Å². The summed E-state index contributed by atoms with van der Waals surface area (Å²) >= 11 is 0. The van der Waals surface area contributed by atoms with Crippen molar-refractivity contribution >= 4 is 15.9 Å². The van der Waals surface area contributed by atoms with Gasteiger partial charge in [0.25, 0.3) is 5.91 Å². The third-order valence-corrected chi connectivity index (χ3v) is 6.77. The molecular formula is C20H24N2O4S. The molecule has 0 saturated carbocycles. The summed E-state index contributed by atoms with van der Waals surface area (Å²) in [5, 5.41) is 2.86. The van der Waals surface area contributed by atoms with Gasteiger partial charge in [-0.15, -0.1) is 0 Å². The fourth-order valence-corrected chi connectivity index (χ4v) is 4.92. The molecule has 0 aliphatic carbocycles. The van der Waals surface area contributed by atoms with Crippen LogP contribution in [0.5, 0.6) is 5.75 Å². The molecule has 1 aliphatic heterocycles. The molecule has 27 heavy (non-hydrogen) atoms. The van der Waals surface area contributed by atoms with Gasteiger partial charge in [-0.1, -0.05) is 17.7 Å². The molecule has 0 aromatic heterocycles. The highest BCUT2D eigenvalue weighted by Crippen LogP contribution is 2.26. The second-order valence-electron chi connectivity index (χ2n) is 6.66. The number of carbonyl (C=O) groups is 1. The van der Waals surface area contributed by atoms with Crippen molar-refractivity contribution in [2.24, 2.45) is 0 Å². The van der Waals surface area contributed by atoms with E-state index in [2.05, 4.69) is 5.32 Å². The lowest BCUT2D eigenvalue weighted by Crippen LogP contribution is -2.43. The molecule has 0 spiro atoms. The van der Waals surface area contributed by atoms with Crippen molar-refractivity contribution in [1.82, 2.24) is 9.62 Å². The van der Waals surface area contributed by atoms with Crippen molar-refractivity contribution < 1.29 is 17.9 Å². The van der Waals surface area contributed by atoms with Crippen LogP contribution in [0.15, 0.2) is 53.4 Å². The molecule has 7 heteroatoms. The average molecular weight is 388 g/mol. The van der Waals surface area contributed by atoms with Gasteiger partial charge in [-0.25, -0.2) is 8.42 Å². The van der Waals surface area contributed by atoms with Crippen LogP contribution in [0.1, 0.15) is 28.8 Å². The summed E-state index contributed by atoms with van der Waals surface area (Å²) in [6.45, 7) is 2.68. The second-order valence-corrected chi connectivity index (χ2v) is 8.55. The van der Waals surface area contributed by atoms with Crippen molar-refractivity contribution in [3.8, 4) is 5.75 Å². The van der Waals surface area contributed by atoms with Crippen molar-refractivity contribution in [3.63, 3.8) is 0 Å². The molecule has 144 valence electrons. The van der Waals surface area contributed by atoms with Crippen LogP contribution in [0, 0.1) is 6.92 Å². The number of rotatable bonds is 6. The molecule has 6 nitrogen and oxygen atoms in total. The quantitative estimate of drug-likeness (QED) is 0.825. The third kappa shape index (κ3) is 4.31. The predicted molar refractivity (Wildman–Crippen MR) is 103 cm³/mol. The Morgan fingerprint density at radius 1 is 1.15 bits per heavy atom. The number of carbonyl (C=O) groups excluding carboxylic acids is 1. The Kier molecular flexibility index (Phi) is 5.82. The van der Waals surface area contributed by atoms with Crippen LogP contribution >= 0.6 is 0 Å². The predicted octanol–water partition coefficient (Wildman–Crippen LogP) is 2.59. The molecular weight excluding hydrogens is 364 g/mol. The van der Waals surface area contributed by atoms with Crippen molar-refractivity contribution in [2.75, 3.05) is 20.2 Å². The van der Waals surface area contributed by atoms with E-state index in [1.165, 1.54) is 4.31 Å². The van der Waals surface area contributed by atoms with E-state index in [1.54, 1.807) is 55.6 Å². The number of methoxy groups -OCH3 is 1. The van der Waals surface area contributed by atoms with E-state index in [1.807, 2.05) is 6.92 Å². The summed E-state index contributed by atoms with van der Waals surface area (Å²) in [6.07, 6.45) is 1.52.